The summed E-state index contributed by atoms with van der Waals surface area (Å²) in [6.07, 6.45) is 5.52. The second-order valence-corrected chi connectivity index (χ2v) is 8.00. The third-order valence-electron chi connectivity index (χ3n) is 5.26. The molecule has 122 valence electrons. The molecule has 2 fully saturated rings. The van der Waals surface area contributed by atoms with Gasteiger partial charge in [-0.3, -0.25) is 4.79 Å². The zero-order valence-electron chi connectivity index (χ0n) is 13.8. The standard InChI is InChI=1S/C17H31NO3/c1-16(2,3)14-6-8-17(20,9-7-14)12-18-15(19)13-5-4-10-21-11-13/h13-14,20H,4-12H2,1-3H3,(H,18,19). The lowest BCUT2D eigenvalue weighted by molar-refractivity contribution is -0.130. The minimum atomic E-state index is -0.715. The van der Waals surface area contributed by atoms with E-state index in [9.17, 15) is 9.90 Å². The van der Waals surface area contributed by atoms with E-state index in [1.165, 1.54) is 0 Å². The van der Waals surface area contributed by atoms with Crippen molar-refractivity contribution in [2.75, 3.05) is 19.8 Å². The van der Waals surface area contributed by atoms with Gasteiger partial charge >= 0.3 is 0 Å². The topological polar surface area (TPSA) is 58.6 Å². The van der Waals surface area contributed by atoms with Gasteiger partial charge in [-0.2, -0.15) is 0 Å². The number of amides is 1. The van der Waals surface area contributed by atoms with Gasteiger partial charge in [-0.15, -0.1) is 0 Å². The van der Waals surface area contributed by atoms with Gasteiger partial charge in [0.15, 0.2) is 0 Å². The van der Waals surface area contributed by atoms with E-state index in [1.807, 2.05) is 0 Å². The Bertz CT molecular complexity index is 348. The van der Waals surface area contributed by atoms with Gasteiger partial charge < -0.3 is 15.2 Å². The first-order valence-corrected chi connectivity index (χ1v) is 8.38. The molecule has 1 amide bonds. The summed E-state index contributed by atoms with van der Waals surface area (Å²) in [6.45, 7) is 8.49. The fraction of sp³-hybridized carbons (Fsp3) is 0.941. The Morgan fingerprint density at radius 1 is 1.29 bits per heavy atom. The molecule has 0 radical (unpaired) electrons. The molecule has 1 saturated heterocycles. The predicted octanol–water partition coefficient (Wildman–Crippen LogP) is 2.50. The van der Waals surface area contributed by atoms with Crippen molar-refractivity contribution in [3.05, 3.63) is 0 Å². The number of aliphatic hydroxyl groups is 1. The minimum Gasteiger partial charge on any atom is -0.388 e. The number of ether oxygens (including phenoxy) is 1. The van der Waals surface area contributed by atoms with E-state index >= 15 is 0 Å². The van der Waals surface area contributed by atoms with Crippen molar-refractivity contribution in [2.24, 2.45) is 17.3 Å². The maximum atomic E-state index is 12.1. The van der Waals surface area contributed by atoms with Crippen molar-refractivity contribution in [1.82, 2.24) is 5.32 Å². The van der Waals surface area contributed by atoms with Crippen LogP contribution in [0.2, 0.25) is 0 Å². The van der Waals surface area contributed by atoms with Gasteiger partial charge in [-0.05, 0) is 49.9 Å². The molecule has 1 heterocycles. The predicted molar refractivity (Wildman–Crippen MR) is 82.9 cm³/mol. The lowest BCUT2D eigenvalue weighted by atomic mass is 9.68. The van der Waals surface area contributed by atoms with Crippen LogP contribution in [0.15, 0.2) is 0 Å². The van der Waals surface area contributed by atoms with Crippen LogP contribution < -0.4 is 5.32 Å². The fourth-order valence-corrected chi connectivity index (χ4v) is 3.54. The molecule has 4 heteroatoms. The Balaban J connectivity index is 1.76. The van der Waals surface area contributed by atoms with Crippen LogP contribution in [0.1, 0.15) is 59.3 Å². The molecule has 0 spiro atoms. The summed E-state index contributed by atoms with van der Waals surface area (Å²) in [6, 6.07) is 0. The second kappa shape index (κ2) is 6.66. The lowest BCUT2D eigenvalue weighted by Gasteiger charge is -2.41. The molecule has 2 rings (SSSR count). The fourth-order valence-electron chi connectivity index (χ4n) is 3.54. The Labute approximate surface area is 128 Å². The first kappa shape index (κ1) is 16.8. The number of nitrogens with one attached hydrogen (secondary N) is 1. The zero-order chi connectivity index (χ0) is 15.5. The smallest absolute Gasteiger partial charge is 0.225 e. The van der Waals surface area contributed by atoms with Gasteiger partial charge in [0.05, 0.1) is 18.1 Å². The molecule has 1 aliphatic carbocycles. The van der Waals surface area contributed by atoms with Crippen LogP contribution in [-0.2, 0) is 9.53 Å². The van der Waals surface area contributed by atoms with Crippen LogP contribution in [0.25, 0.3) is 0 Å². The van der Waals surface area contributed by atoms with Crippen LogP contribution in [0.5, 0.6) is 0 Å². The van der Waals surface area contributed by atoms with Crippen LogP contribution in [0.4, 0.5) is 0 Å². The monoisotopic (exact) mass is 297 g/mol. The summed E-state index contributed by atoms with van der Waals surface area (Å²) in [5, 5.41) is 13.6. The molecule has 1 aliphatic heterocycles. The van der Waals surface area contributed by atoms with E-state index in [4.69, 9.17) is 4.74 Å². The van der Waals surface area contributed by atoms with Crippen LogP contribution in [0.3, 0.4) is 0 Å². The Morgan fingerprint density at radius 2 is 1.95 bits per heavy atom. The molecule has 4 nitrogen and oxygen atoms in total. The number of rotatable bonds is 3. The van der Waals surface area contributed by atoms with Gasteiger partial charge in [0.1, 0.15) is 0 Å². The maximum absolute atomic E-state index is 12.1. The van der Waals surface area contributed by atoms with Crippen LogP contribution in [-0.4, -0.2) is 36.4 Å². The summed E-state index contributed by atoms with van der Waals surface area (Å²) in [5.74, 6) is 0.676. The first-order chi connectivity index (χ1) is 9.80. The highest BCUT2D eigenvalue weighted by atomic mass is 16.5. The highest BCUT2D eigenvalue weighted by Gasteiger charge is 2.37. The van der Waals surface area contributed by atoms with Gasteiger partial charge in [0.25, 0.3) is 0 Å². The van der Waals surface area contributed by atoms with E-state index in [2.05, 4.69) is 26.1 Å². The Hall–Kier alpha value is -0.610. The normalized spacial score (nSPS) is 34.5. The van der Waals surface area contributed by atoms with Gasteiger partial charge in [-0.25, -0.2) is 0 Å². The van der Waals surface area contributed by atoms with Crippen molar-refractivity contribution < 1.29 is 14.6 Å². The quantitative estimate of drug-likeness (QED) is 0.841. The molecule has 0 aromatic carbocycles. The third kappa shape index (κ3) is 4.68. The van der Waals surface area contributed by atoms with Gasteiger partial charge in [0.2, 0.25) is 5.91 Å². The largest absolute Gasteiger partial charge is 0.388 e. The first-order valence-electron chi connectivity index (χ1n) is 8.38. The zero-order valence-corrected chi connectivity index (χ0v) is 13.8. The van der Waals surface area contributed by atoms with Gasteiger partial charge in [0, 0.05) is 13.2 Å². The van der Waals surface area contributed by atoms with E-state index in [1.54, 1.807) is 0 Å². The molecule has 2 aliphatic rings. The molecule has 1 unspecified atom stereocenters. The highest BCUT2D eigenvalue weighted by molar-refractivity contribution is 5.78. The van der Waals surface area contributed by atoms with Crippen molar-refractivity contribution in [3.8, 4) is 0 Å². The Morgan fingerprint density at radius 3 is 2.48 bits per heavy atom. The minimum absolute atomic E-state index is 0.0340. The highest BCUT2D eigenvalue weighted by Crippen LogP contribution is 2.41. The summed E-state index contributed by atoms with van der Waals surface area (Å²) >= 11 is 0. The van der Waals surface area contributed by atoms with E-state index in [0.717, 1.165) is 45.1 Å². The third-order valence-corrected chi connectivity index (χ3v) is 5.26. The molecule has 0 aromatic heterocycles. The van der Waals surface area contributed by atoms with Gasteiger partial charge in [-0.1, -0.05) is 20.8 Å². The second-order valence-electron chi connectivity index (χ2n) is 8.00. The summed E-state index contributed by atoms with van der Waals surface area (Å²) in [5.41, 5.74) is -0.406. The average Bonchev–Trinajstić information content (AvgIpc) is 2.45. The van der Waals surface area contributed by atoms with E-state index in [-0.39, 0.29) is 11.8 Å². The molecule has 2 N–H and O–H groups in total. The van der Waals surface area contributed by atoms with Crippen molar-refractivity contribution in [3.63, 3.8) is 0 Å². The van der Waals surface area contributed by atoms with Crippen molar-refractivity contribution >= 4 is 5.91 Å². The lowest BCUT2D eigenvalue weighted by Crippen LogP contribution is -2.48. The van der Waals surface area contributed by atoms with Crippen molar-refractivity contribution in [1.29, 1.82) is 0 Å². The van der Waals surface area contributed by atoms with E-state index in [0.29, 0.717) is 24.5 Å². The molecule has 1 atom stereocenters. The molecular formula is C17H31NO3. The number of hydrogen-bond acceptors (Lipinski definition) is 3. The van der Waals surface area contributed by atoms with Crippen molar-refractivity contribution in [2.45, 2.75) is 64.9 Å². The SMILES string of the molecule is CC(C)(C)C1CCC(O)(CNC(=O)C2CCCOC2)CC1. The molecule has 0 aromatic rings. The molecule has 0 bridgehead atoms. The van der Waals surface area contributed by atoms with E-state index < -0.39 is 5.60 Å². The molecular weight excluding hydrogens is 266 g/mol. The number of hydrogen-bond donors (Lipinski definition) is 2. The summed E-state index contributed by atoms with van der Waals surface area (Å²) in [7, 11) is 0. The van der Waals surface area contributed by atoms with Crippen LogP contribution in [0, 0.1) is 17.3 Å². The molecule has 1 saturated carbocycles. The number of carbonyl (C=O) groups excluding carboxylic acids is 1. The maximum Gasteiger partial charge on any atom is 0.225 e. The summed E-state index contributed by atoms with van der Waals surface area (Å²) in [4.78, 5) is 12.1. The summed E-state index contributed by atoms with van der Waals surface area (Å²) < 4.78 is 5.35. The number of carbonyl (C=O) groups is 1. The Kier molecular flexibility index (Phi) is 5.31. The van der Waals surface area contributed by atoms with Crippen LogP contribution >= 0.6 is 0 Å². The molecule has 21 heavy (non-hydrogen) atoms. The average molecular weight is 297 g/mol.